The van der Waals surface area contributed by atoms with Crippen molar-refractivity contribution in [3.8, 4) is 11.5 Å². The maximum Gasteiger partial charge on any atom is 0.261 e. The molecule has 0 unspecified atom stereocenters. The summed E-state index contributed by atoms with van der Waals surface area (Å²) in [5.74, 6) is 1.26. The SMILES string of the molecule is CCc1sc(C(=O)NCc2cccc(OC)c2OC)cc1C. The van der Waals surface area contributed by atoms with Crippen molar-refractivity contribution in [1.29, 1.82) is 0 Å². The molecule has 0 saturated carbocycles. The molecule has 1 amide bonds. The van der Waals surface area contributed by atoms with Crippen molar-refractivity contribution < 1.29 is 14.3 Å². The van der Waals surface area contributed by atoms with Crippen molar-refractivity contribution in [3.05, 3.63) is 45.1 Å². The van der Waals surface area contributed by atoms with Gasteiger partial charge in [-0.15, -0.1) is 11.3 Å². The Balaban J connectivity index is 2.11. The molecule has 0 spiro atoms. The first-order chi connectivity index (χ1) is 10.6. The lowest BCUT2D eigenvalue weighted by Crippen LogP contribution is -2.22. The molecule has 1 aromatic heterocycles. The number of thiophene rings is 1. The average molecular weight is 319 g/mol. The van der Waals surface area contributed by atoms with E-state index in [1.807, 2.05) is 31.2 Å². The maximum atomic E-state index is 12.3. The standard InChI is InChI=1S/C17H21NO3S/c1-5-14-11(2)9-15(22-14)17(19)18-10-12-7-6-8-13(20-3)16(12)21-4/h6-9H,5,10H2,1-4H3,(H,18,19). The van der Waals surface area contributed by atoms with Crippen LogP contribution in [0.3, 0.4) is 0 Å². The van der Waals surface area contributed by atoms with Crippen molar-refractivity contribution >= 4 is 17.2 Å². The Hall–Kier alpha value is -2.01. The molecule has 0 atom stereocenters. The maximum absolute atomic E-state index is 12.3. The van der Waals surface area contributed by atoms with E-state index < -0.39 is 0 Å². The molecule has 0 fully saturated rings. The zero-order valence-electron chi connectivity index (χ0n) is 13.4. The van der Waals surface area contributed by atoms with Crippen LogP contribution in [0.25, 0.3) is 0 Å². The second-order valence-corrected chi connectivity index (χ2v) is 6.04. The number of ether oxygens (including phenoxy) is 2. The summed E-state index contributed by atoms with van der Waals surface area (Å²) < 4.78 is 10.6. The molecule has 2 aromatic rings. The van der Waals surface area contributed by atoms with Crippen LogP contribution in [0.4, 0.5) is 0 Å². The van der Waals surface area contributed by atoms with Crippen molar-refractivity contribution in [3.63, 3.8) is 0 Å². The van der Waals surface area contributed by atoms with Crippen molar-refractivity contribution in [2.45, 2.75) is 26.8 Å². The van der Waals surface area contributed by atoms with Gasteiger partial charge in [0.25, 0.3) is 5.91 Å². The Labute approximate surface area is 135 Å². The second-order valence-electron chi connectivity index (χ2n) is 4.91. The first-order valence-electron chi connectivity index (χ1n) is 7.18. The topological polar surface area (TPSA) is 47.6 Å². The Morgan fingerprint density at radius 1 is 1.27 bits per heavy atom. The summed E-state index contributed by atoms with van der Waals surface area (Å²) in [4.78, 5) is 14.3. The van der Waals surface area contributed by atoms with Crippen molar-refractivity contribution in [1.82, 2.24) is 5.32 Å². The van der Waals surface area contributed by atoms with Crippen LogP contribution in [-0.2, 0) is 13.0 Å². The van der Waals surface area contributed by atoms with E-state index in [9.17, 15) is 4.79 Å². The van der Waals surface area contributed by atoms with E-state index in [1.54, 1.807) is 25.6 Å². The Kier molecular flexibility index (Phi) is 5.44. The summed E-state index contributed by atoms with van der Waals surface area (Å²) in [6, 6.07) is 7.58. The fourth-order valence-corrected chi connectivity index (χ4v) is 3.37. The first kappa shape index (κ1) is 16.4. The first-order valence-corrected chi connectivity index (χ1v) is 7.99. The minimum absolute atomic E-state index is 0.0577. The third-order valence-corrected chi connectivity index (χ3v) is 4.87. The molecule has 5 heteroatoms. The van der Waals surface area contributed by atoms with Crippen LogP contribution in [0.15, 0.2) is 24.3 Å². The molecule has 4 nitrogen and oxygen atoms in total. The predicted molar refractivity (Wildman–Crippen MR) is 89.2 cm³/mol. The number of hydrogen-bond acceptors (Lipinski definition) is 4. The van der Waals surface area contributed by atoms with Crippen LogP contribution in [0.1, 0.15) is 32.6 Å². The summed E-state index contributed by atoms with van der Waals surface area (Å²) in [7, 11) is 3.19. The molecule has 0 aliphatic heterocycles. The Bertz CT molecular complexity index is 664. The highest BCUT2D eigenvalue weighted by molar-refractivity contribution is 7.14. The van der Waals surface area contributed by atoms with Gasteiger partial charge in [-0.05, 0) is 31.0 Å². The van der Waals surface area contributed by atoms with E-state index in [-0.39, 0.29) is 5.91 Å². The molecule has 0 saturated heterocycles. The van der Waals surface area contributed by atoms with Gasteiger partial charge in [0.2, 0.25) is 0 Å². The lowest BCUT2D eigenvalue weighted by molar-refractivity contribution is 0.0954. The number of methoxy groups -OCH3 is 2. The molecule has 0 bridgehead atoms. The van der Waals surface area contributed by atoms with Gasteiger partial charge in [-0.3, -0.25) is 4.79 Å². The highest BCUT2D eigenvalue weighted by Crippen LogP contribution is 2.30. The quantitative estimate of drug-likeness (QED) is 0.885. The summed E-state index contributed by atoms with van der Waals surface area (Å²) >= 11 is 1.55. The largest absolute Gasteiger partial charge is 0.493 e. The molecule has 1 heterocycles. The second kappa shape index (κ2) is 7.31. The van der Waals surface area contributed by atoms with Gasteiger partial charge in [0.05, 0.1) is 19.1 Å². The van der Waals surface area contributed by atoms with Crippen LogP contribution >= 0.6 is 11.3 Å². The number of aryl methyl sites for hydroxylation is 2. The van der Waals surface area contributed by atoms with Crippen LogP contribution in [-0.4, -0.2) is 20.1 Å². The molecule has 118 valence electrons. The van der Waals surface area contributed by atoms with Crippen LogP contribution in [0, 0.1) is 6.92 Å². The molecule has 1 N–H and O–H groups in total. The van der Waals surface area contributed by atoms with E-state index in [1.165, 1.54) is 10.4 Å². The number of hydrogen-bond donors (Lipinski definition) is 1. The monoisotopic (exact) mass is 319 g/mol. The number of carbonyl (C=O) groups is 1. The van der Waals surface area contributed by atoms with Crippen LogP contribution < -0.4 is 14.8 Å². The highest BCUT2D eigenvalue weighted by Gasteiger charge is 2.14. The molecule has 0 aliphatic rings. The zero-order chi connectivity index (χ0) is 16.1. The fraction of sp³-hybridized carbons (Fsp3) is 0.353. The molecule has 1 aromatic carbocycles. The number of benzene rings is 1. The molecular formula is C17H21NO3S. The van der Waals surface area contributed by atoms with Gasteiger partial charge >= 0.3 is 0 Å². The minimum Gasteiger partial charge on any atom is -0.493 e. The molecule has 0 aliphatic carbocycles. The molecule has 22 heavy (non-hydrogen) atoms. The van der Waals surface area contributed by atoms with Crippen molar-refractivity contribution in [2.24, 2.45) is 0 Å². The molecule has 2 rings (SSSR count). The summed E-state index contributed by atoms with van der Waals surface area (Å²) in [5, 5.41) is 2.94. The third-order valence-electron chi connectivity index (χ3n) is 3.49. The van der Waals surface area contributed by atoms with E-state index in [4.69, 9.17) is 9.47 Å². The van der Waals surface area contributed by atoms with Gasteiger partial charge < -0.3 is 14.8 Å². The zero-order valence-corrected chi connectivity index (χ0v) is 14.2. The van der Waals surface area contributed by atoms with Gasteiger partial charge in [0.1, 0.15) is 0 Å². The number of nitrogens with one attached hydrogen (secondary N) is 1. The summed E-state index contributed by atoms with van der Waals surface area (Å²) in [6.45, 7) is 4.54. The number of rotatable bonds is 6. The van der Waals surface area contributed by atoms with E-state index in [0.717, 1.165) is 16.9 Å². The number of carbonyl (C=O) groups excluding carboxylic acids is 1. The van der Waals surface area contributed by atoms with Gasteiger partial charge in [0, 0.05) is 17.0 Å². The van der Waals surface area contributed by atoms with E-state index in [0.29, 0.717) is 18.0 Å². The van der Waals surface area contributed by atoms with E-state index >= 15 is 0 Å². The molecular weight excluding hydrogens is 298 g/mol. The Morgan fingerprint density at radius 2 is 2.05 bits per heavy atom. The van der Waals surface area contributed by atoms with Gasteiger partial charge in [-0.1, -0.05) is 19.1 Å². The minimum atomic E-state index is -0.0577. The summed E-state index contributed by atoms with van der Waals surface area (Å²) in [6.07, 6.45) is 0.952. The fourth-order valence-electron chi connectivity index (χ4n) is 2.34. The number of para-hydroxylation sites is 1. The molecule has 0 radical (unpaired) electrons. The average Bonchev–Trinajstić information content (AvgIpc) is 2.92. The lowest BCUT2D eigenvalue weighted by atomic mass is 10.2. The van der Waals surface area contributed by atoms with E-state index in [2.05, 4.69) is 12.2 Å². The van der Waals surface area contributed by atoms with Gasteiger partial charge in [-0.25, -0.2) is 0 Å². The normalized spacial score (nSPS) is 10.4. The highest BCUT2D eigenvalue weighted by atomic mass is 32.1. The smallest absolute Gasteiger partial charge is 0.261 e. The predicted octanol–water partition coefficient (Wildman–Crippen LogP) is 3.57. The number of amides is 1. The van der Waals surface area contributed by atoms with Gasteiger partial charge in [0.15, 0.2) is 11.5 Å². The van der Waals surface area contributed by atoms with Crippen molar-refractivity contribution in [2.75, 3.05) is 14.2 Å². The van der Waals surface area contributed by atoms with Crippen LogP contribution in [0.5, 0.6) is 11.5 Å². The third kappa shape index (κ3) is 3.42. The Morgan fingerprint density at radius 3 is 2.64 bits per heavy atom. The van der Waals surface area contributed by atoms with Crippen LogP contribution in [0.2, 0.25) is 0 Å². The summed E-state index contributed by atoms with van der Waals surface area (Å²) in [5.41, 5.74) is 2.07. The lowest BCUT2D eigenvalue weighted by Gasteiger charge is -2.12. The van der Waals surface area contributed by atoms with Gasteiger partial charge in [-0.2, -0.15) is 0 Å².